The zero-order valence-electron chi connectivity index (χ0n) is 10.4. The second-order valence-electron chi connectivity index (χ2n) is 4.69. The highest BCUT2D eigenvalue weighted by molar-refractivity contribution is 6.30. The van der Waals surface area contributed by atoms with Gasteiger partial charge in [-0.15, -0.1) is 0 Å². The molecule has 0 aromatic heterocycles. The lowest BCUT2D eigenvalue weighted by atomic mass is 10.1. The first-order valence-electron chi connectivity index (χ1n) is 5.94. The van der Waals surface area contributed by atoms with Crippen molar-refractivity contribution in [2.24, 2.45) is 0 Å². The van der Waals surface area contributed by atoms with Crippen molar-refractivity contribution in [2.75, 3.05) is 38.2 Å². The minimum atomic E-state index is 0.201. The highest BCUT2D eigenvalue weighted by Gasteiger charge is 2.24. The highest BCUT2D eigenvalue weighted by Crippen LogP contribution is 2.26. The molecular weight excluding hydrogens is 236 g/mol. The molecule has 3 nitrogen and oxygen atoms in total. The summed E-state index contributed by atoms with van der Waals surface area (Å²) >= 11 is 6.05. The van der Waals surface area contributed by atoms with Crippen LogP contribution in [0, 0.1) is 6.92 Å². The summed E-state index contributed by atoms with van der Waals surface area (Å²) in [7, 11) is 2.06. The van der Waals surface area contributed by atoms with Crippen LogP contribution in [-0.4, -0.2) is 49.3 Å². The van der Waals surface area contributed by atoms with Crippen molar-refractivity contribution in [1.82, 2.24) is 4.90 Å². The van der Waals surface area contributed by atoms with Gasteiger partial charge < -0.3 is 10.0 Å². The first-order valence-corrected chi connectivity index (χ1v) is 6.32. The van der Waals surface area contributed by atoms with Crippen LogP contribution in [0.25, 0.3) is 0 Å². The third-order valence-electron chi connectivity index (χ3n) is 3.50. The fourth-order valence-electron chi connectivity index (χ4n) is 2.29. The highest BCUT2D eigenvalue weighted by atomic mass is 35.5. The number of rotatable bonds is 2. The molecule has 1 aliphatic heterocycles. The Morgan fingerprint density at radius 2 is 2.18 bits per heavy atom. The molecule has 4 heteroatoms. The van der Waals surface area contributed by atoms with Gasteiger partial charge in [0.05, 0.1) is 12.6 Å². The Bertz CT molecular complexity index is 397. The van der Waals surface area contributed by atoms with E-state index in [4.69, 9.17) is 11.6 Å². The molecule has 0 bridgehead atoms. The summed E-state index contributed by atoms with van der Waals surface area (Å²) in [6.45, 7) is 5.10. The average Bonchev–Trinajstić information content (AvgIpc) is 2.33. The number of aryl methyl sites for hydroxylation is 1. The smallest absolute Gasteiger partial charge is 0.0604 e. The molecule has 17 heavy (non-hydrogen) atoms. The Morgan fingerprint density at radius 3 is 2.88 bits per heavy atom. The molecule has 1 saturated heterocycles. The largest absolute Gasteiger partial charge is 0.395 e. The second kappa shape index (κ2) is 5.25. The SMILES string of the molecule is Cc1ccc(Cl)cc1N1CCN(C)C(CO)C1. The second-order valence-corrected chi connectivity index (χ2v) is 5.13. The fraction of sp³-hybridized carbons (Fsp3) is 0.538. The van der Waals surface area contributed by atoms with Gasteiger partial charge in [0, 0.05) is 30.3 Å². The van der Waals surface area contributed by atoms with Crippen molar-refractivity contribution in [3.8, 4) is 0 Å². The third kappa shape index (κ3) is 2.73. The minimum absolute atomic E-state index is 0.201. The van der Waals surface area contributed by atoms with Crippen LogP contribution in [0.4, 0.5) is 5.69 Å². The quantitative estimate of drug-likeness (QED) is 0.871. The number of halogens is 1. The van der Waals surface area contributed by atoms with Crippen LogP contribution in [0.3, 0.4) is 0 Å². The molecular formula is C13H19ClN2O. The predicted molar refractivity (Wildman–Crippen MR) is 71.9 cm³/mol. The standard InChI is InChI=1S/C13H19ClN2O/c1-10-3-4-11(14)7-13(10)16-6-5-15(2)12(8-16)9-17/h3-4,7,12,17H,5-6,8-9H2,1-2H3. The van der Waals surface area contributed by atoms with Gasteiger partial charge >= 0.3 is 0 Å². The number of piperazine rings is 1. The molecule has 1 aliphatic rings. The molecule has 1 heterocycles. The minimum Gasteiger partial charge on any atom is -0.395 e. The van der Waals surface area contributed by atoms with E-state index in [0.29, 0.717) is 0 Å². The maximum absolute atomic E-state index is 9.36. The molecule has 1 N–H and O–H groups in total. The van der Waals surface area contributed by atoms with Crippen LogP contribution >= 0.6 is 11.6 Å². The molecule has 1 fully saturated rings. The van der Waals surface area contributed by atoms with Gasteiger partial charge in [0.2, 0.25) is 0 Å². The molecule has 94 valence electrons. The Balaban J connectivity index is 2.20. The van der Waals surface area contributed by atoms with E-state index in [9.17, 15) is 5.11 Å². The molecule has 1 unspecified atom stereocenters. The number of hydrogen-bond donors (Lipinski definition) is 1. The third-order valence-corrected chi connectivity index (χ3v) is 3.73. The molecule has 0 saturated carbocycles. The van der Waals surface area contributed by atoms with Crippen LogP contribution in [0.5, 0.6) is 0 Å². The zero-order valence-corrected chi connectivity index (χ0v) is 11.1. The zero-order chi connectivity index (χ0) is 12.4. The Labute approximate surface area is 108 Å². The van der Waals surface area contributed by atoms with Crippen molar-refractivity contribution >= 4 is 17.3 Å². The van der Waals surface area contributed by atoms with Gasteiger partial charge in [0.1, 0.15) is 0 Å². The van der Waals surface area contributed by atoms with Gasteiger partial charge in [-0.3, -0.25) is 4.90 Å². The van der Waals surface area contributed by atoms with Gasteiger partial charge in [-0.25, -0.2) is 0 Å². The number of benzene rings is 1. The summed E-state index contributed by atoms with van der Waals surface area (Å²) in [6, 6.07) is 6.18. The summed E-state index contributed by atoms with van der Waals surface area (Å²) in [5, 5.41) is 10.1. The van der Waals surface area contributed by atoms with Gasteiger partial charge in [-0.2, -0.15) is 0 Å². The molecule has 0 aliphatic carbocycles. The van der Waals surface area contributed by atoms with Crippen LogP contribution in [0.1, 0.15) is 5.56 Å². The van der Waals surface area contributed by atoms with Crippen molar-refractivity contribution in [3.63, 3.8) is 0 Å². The Kier molecular flexibility index (Phi) is 3.92. The Morgan fingerprint density at radius 1 is 1.41 bits per heavy atom. The summed E-state index contributed by atoms with van der Waals surface area (Å²) in [5.74, 6) is 0. The molecule has 1 aromatic rings. The van der Waals surface area contributed by atoms with Crippen LogP contribution in [0.2, 0.25) is 5.02 Å². The summed E-state index contributed by atoms with van der Waals surface area (Å²) in [4.78, 5) is 4.51. The van der Waals surface area contributed by atoms with Crippen LogP contribution in [0.15, 0.2) is 18.2 Å². The number of aliphatic hydroxyl groups is 1. The van der Waals surface area contributed by atoms with Crippen molar-refractivity contribution in [1.29, 1.82) is 0 Å². The van der Waals surface area contributed by atoms with Crippen molar-refractivity contribution < 1.29 is 5.11 Å². The topological polar surface area (TPSA) is 26.7 Å². The lowest BCUT2D eigenvalue weighted by Gasteiger charge is -2.40. The van der Waals surface area contributed by atoms with E-state index >= 15 is 0 Å². The maximum Gasteiger partial charge on any atom is 0.0604 e. The van der Waals surface area contributed by atoms with Crippen molar-refractivity contribution in [3.05, 3.63) is 28.8 Å². The average molecular weight is 255 g/mol. The monoisotopic (exact) mass is 254 g/mol. The lowest BCUT2D eigenvalue weighted by Crippen LogP contribution is -2.53. The number of anilines is 1. The van der Waals surface area contributed by atoms with E-state index in [0.717, 1.165) is 24.7 Å². The summed E-state index contributed by atoms with van der Waals surface area (Å²) < 4.78 is 0. The van der Waals surface area contributed by atoms with Crippen LogP contribution < -0.4 is 4.90 Å². The number of likely N-dealkylation sites (N-methyl/N-ethyl adjacent to an activating group) is 1. The number of nitrogens with zero attached hydrogens (tertiary/aromatic N) is 2. The van der Waals surface area contributed by atoms with Gasteiger partial charge in [-0.05, 0) is 31.7 Å². The first-order chi connectivity index (χ1) is 8.11. The molecule has 1 aromatic carbocycles. The molecule has 0 amide bonds. The van der Waals surface area contributed by atoms with Gasteiger partial charge in [0.25, 0.3) is 0 Å². The predicted octanol–water partition coefficient (Wildman–Crippen LogP) is 1.76. The normalized spacial score (nSPS) is 21.9. The maximum atomic E-state index is 9.36. The molecule has 0 spiro atoms. The van der Waals surface area contributed by atoms with E-state index in [2.05, 4.69) is 23.8 Å². The van der Waals surface area contributed by atoms with E-state index < -0.39 is 0 Å². The summed E-state index contributed by atoms with van der Waals surface area (Å²) in [5.41, 5.74) is 2.42. The molecule has 1 atom stereocenters. The number of hydrogen-bond acceptors (Lipinski definition) is 3. The van der Waals surface area contributed by atoms with Crippen LogP contribution in [-0.2, 0) is 0 Å². The summed E-state index contributed by atoms with van der Waals surface area (Å²) in [6.07, 6.45) is 0. The van der Waals surface area contributed by atoms with Crippen molar-refractivity contribution in [2.45, 2.75) is 13.0 Å². The Hall–Kier alpha value is -0.770. The van der Waals surface area contributed by atoms with Gasteiger partial charge in [-0.1, -0.05) is 17.7 Å². The molecule has 0 radical (unpaired) electrons. The number of aliphatic hydroxyl groups excluding tert-OH is 1. The lowest BCUT2D eigenvalue weighted by molar-refractivity contribution is 0.135. The molecule has 2 rings (SSSR count). The first kappa shape index (κ1) is 12.7. The fourth-order valence-corrected chi connectivity index (χ4v) is 2.45. The van der Waals surface area contributed by atoms with E-state index in [-0.39, 0.29) is 12.6 Å². The van der Waals surface area contributed by atoms with E-state index in [1.165, 1.54) is 11.3 Å². The van der Waals surface area contributed by atoms with E-state index in [1.54, 1.807) is 0 Å². The van der Waals surface area contributed by atoms with E-state index in [1.807, 2.05) is 18.2 Å². The van der Waals surface area contributed by atoms with Gasteiger partial charge in [0.15, 0.2) is 0 Å².